The molecule has 1 N–H and O–H groups in total. The molecule has 19 heavy (non-hydrogen) atoms. The Bertz CT molecular complexity index is 561. The van der Waals surface area contributed by atoms with Crippen molar-refractivity contribution in [3.8, 4) is 0 Å². The van der Waals surface area contributed by atoms with Gasteiger partial charge >= 0.3 is 0 Å². The Morgan fingerprint density at radius 1 is 1.26 bits per heavy atom. The molecule has 1 unspecified atom stereocenters. The summed E-state index contributed by atoms with van der Waals surface area (Å²) in [6.45, 7) is 1.23. The zero-order valence-corrected chi connectivity index (χ0v) is 11.9. The summed E-state index contributed by atoms with van der Waals surface area (Å²) in [4.78, 5) is 26.1. The van der Waals surface area contributed by atoms with Crippen molar-refractivity contribution in [1.82, 2.24) is 10.2 Å². The number of amides is 2. The fourth-order valence-electron chi connectivity index (χ4n) is 2.67. The first-order valence-corrected chi connectivity index (χ1v) is 6.83. The molecule has 100 valence electrons. The van der Waals surface area contributed by atoms with E-state index in [9.17, 15) is 9.59 Å². The van der Waals surface area contributed by atoms with Crippen LogP contribution in [0.4, 0.5) is 0 Å². The highest BCUT2D eigenvalue weighted by atomic mass is 79.9. The van der Waals surface area contributed by atoms with Crippen molar-refractivity contribution in [2.24, 2.45) is 0 Å². The van der Waals surface area contributed by atoms with Gasteiger partial charge in [-0.15, -0.1) is 0 Å². The van der Waals surface area contributed by atoms with Gasteiger partial charge in [0, 0.05) is 24.7 Å². The minimum absolute atomic E-state index is 0.148. The quantitative estimate of drug-likeness (QED) is 0.826. The number of carbonyl (C=O) groups is 2. The second kappa shape index (κ2) is 4.70. The number of nitrogens with zero attached hydrogens (tertiary/aromatic N) is 1. The summed E-state index contributed by atoms with van der Waals surface area (Å²) in [7, 11) is 1.60. The second-order valence-corrected chi connectivity index (χ2v) is 5.59. The van der Waals surface area contributed by atoms with E-state index in [0.29, 0.717) is 24.2 Å². The molecule has 0 aliphatic carbocycles. The number of carbonyl (C=O) groups excluding carboxylic acids is 2. The predicted molar refractivity (Wildman–Crippen MR) is 72.1 cm³/mol. The molecule has 3 rings (SSSR count). The Kier molecular flexibility index (Phi) is 3.16. The third-order valence-corrected chi connectivity index (χ3v) is 4.14. The molecule has 2 aliphatic rings. The number of hydrogen-bond acceptors (Lipinski definition) is 4. The number of rotatable bonds is 2. The highest BCUT2D eigenvalue weighted by Gasteiger charge is 2.44. The van der Waals surface area contributed by atoms with Crippen molar-refractivity contribution in [3.63, 3.8) is 0 Å². The van der Waals surface area contributed by atoms with Crippen molar-refractivity contribution < 1.29 is 14.3 Å². The maximum Gasteiger partial charge on any atom is 0.261 e. The minimum Gasteiger partial charge on any atom is -0.378 e. The molecule has 0 aromatic heterocycles. The number of benzene rings is 1. The average Bonchev–Trinajstić information content (AvgIpc) is 2.94. The number of methoxy groups -OCH3 is 1. The summed E-state index contributed by atoms with van der Waals surface area (Å²) in [6, 6.07) is 4.91. The van der Waals surface area contributed by atoms with Crippen molar-refractivity contribution >= 4 is 27.7 Å². The number of imide groups is 1. The van der Waals surface area contributed by atoms with Crippen LogP contribution in [0.25, 0.3) is 0 Å². The van der Waals surface area contributed by atoms with E-state index in [0.717, 1.165) is 4.47 Å². The van der Waals surface area contributed by atoms with Crippen LogP contribution in [0.1, 0.15) is 20.7 Å². The van der Waals surface area contributed by atoms with Gasteiger partial charge in [-0.3, -0.25) is 14.5 Å². The third-order valence-electron chi connectivity index (χ3n) is 3.64. The van der Waals surface area contributed by atoms with Crippen molar-refractivity contribution in [3.05, 3.63) is 33.8 Å². The molecular formula is C13H13BrN2O3. The summed E-state index contributed by atoms with van der Waals surface area (Å²) in [5, 5.41) is 3.15. The Labute approximate surface area is 119 Å². The Morgan fingerprint density at radius 2 is 2.00 bits per heavy atom. The monoisotopic (exact) mass is 324 g/mol. The molecular weight excluding hydrogens is 312 g/mol. The van der Waals surface area contributed by atoms with Crippen molar-refractivity contribution in [2.45, 2.75) is 12.1 Å². The molecule has 6 heteroatoms. The van der Waals surface area contributed by atoms with Gasteiger partial charge in [0.2, 0.25) is 0 Å². The standard InChI is InChI=1S/C13H13BrN2O3/c1-19-11-6-15-5-10(11)16-12(17)8-3-2-7(14)4-9(8)13(16)18/h2-4,10-11,15H,5-6H2,1H3/t10?,11-/m0/s1. The number of halogens is 1. The molecule has 1 aromatic carbocycles. The smallest absolute Gasteiger partial charge is 0.261 e. The zero-order valence-electron chi connectivity index (χ0n) is 10.4. The van der Waals surface area contributed by atoms with Gasteiger partial charge in [-0.25, -0.2) is 0 Å². The van der Waals surface area contributed by atoms with Crippen LogP contribution in [-0.2, 0) is 4.74 Å². The van der Waals surface area contributed by atoms with E-state index in [2.05, 4.69) is 21.2 Å². The van der Waals surface area contributed by atoms with Gasteiger partial charge in [0.05, 0.1) is 23.3 Å². The van der Waals surface area contributed by atoms with Crippen LogP contribution < -0.4 is 5.32 Å². The molecule has 0 radical (unpaired) electrons. The van der Waals surface area contributed by atoms with E-state index < -0.39 is 0 Å². The van der Waals surface area contributed by atoms with Crippen LogP contribution in [0.3, 0.4) is 0 Å². The fourth-order valence-corrected chi connectivity index (χ4v) is 3.03. The topological polar surface area (TPSA) is 58.6 Å². The maximum absolute atomic E-state index is 12.4. The Balaban J connectivity index is 1.98. The average molecular weight is 325 g/mol. The lowest BCUT2D eigenvalue weighted by Gasteiger charge is -2.25. The summed E-state index contributed by atoms with van der Waals surface area (Å²) in [5.74, 6) is -0.472. The lowest BCUT2D eigenvalue weighted by Crippen LogP contribution is -2.47. The molecule has 2 amide bonds. The molecule has 2 atom stereocenters. The Hall–Kier alpha value is -1.24. The van der Waals surface area contributed by atoms with Gasteiger partial charge in [-0.1, -0.05) is 15.9 Å². The molecule has 0 saturated carbocycles. The number of nitrogens with one attached hydrogen (secondary N) is 1. The van der Waals surface area contributed by atoms with Crippen LogP contribution in [0.2, 0.25) is 0 Å². The van der Waals surface area contributed by atoms with Gasteiger partial charge in [-0.2, -0.15) is 0 Å². The summed E-state index contributed by atoms with van der Waals surface area (Å²) >= 11 is 3.32. The first-order chi connectivity index (χ1) is 9.13. The van der Waals surface area contributed by atoms with E-state index in [4.69, 9.17) is 4.74 Å². The van der Waals surface area contributed by atoms with Crippen LogP contribution >= 0.6 is 15.9 Å². The van der Waals surface area contributed by atoms with Crippen LogP contribution in [0, 0.1) is 0 Å². The second-order valence-electron chi connectivity index (χ2n) is 4.67. The van der Waals surface area contributed by atoms with E-state index in [1.165, 1.54) is 4.90 Å². The Morgan fingerprint density at radius 3 is 2.74 bits per heavy atom. The van der Waals surface area contributed by atoms with E-state index in [1.807, 2.05) is 0 Å². The zero-order chi connectivity index (χ0) is 13.6. The first kappa shape index (κ1) is 12.8. The molecule has 2 heterocycles. The number of fused-ring (bicyclic) bond motifs is 1. The third kappa shape index (κ3) is 1.91. The van der Waals surface area contributed by atoms with Crippen molar-refractivity contribution in [1.29, 1.82) is 0 Å². The van der Waals surface area contributed by atoms with Crippen LogP contribution in [-0.4, -0.2) is 49.1 Å². The number of ether oxygens (including phenoxy) is 1. The normalized spacial score (nSPS) is 26.1. The summed E-state index contributed by atoms with van der Waals surface area (Å²) in [5.41, 5.74) is 0.927. The van der Waals surface area contributed by atoms with Gasteiger partial charge in [0.1, 0.15) is 0 Å². The molecule has 1 aromatic rings. The molecule has 0 spiro atoms. The lowest BCUT2D eigenvalue weighted by atomic mass is 10.1. The maximum atomic E-state index is 12.4. The first-order valence-electron chi connectivity index (χ1n) is 6.04. The molecule has 0 bridgehead atoms. The highest BCUT2D eigenvalue weighted by Crippen LogP contribution is 2.29. The number of hydrogen-bond donors (Lipinski definition) is 1. The molecule has 1 saturated heterocycles. The predicted octanol–water partition coefficient (Wildman–Crippen LogP) is 1.03. The van der Waals surface area contributed by atoms with Crippen LogP contribution in [0.5, 0.6) is 0 Å². The molecule has 2 aliphatic heterocycles. The SMILES string of the molecule is CO[C@H]1CNCC1N1C(=O)c2ccc(Br)cc2C1=O. The van der Waals surface area contributed by atoms with Gasteiger partial charge < -0.3 is 10.1 Å². The van der Waals surface area contributed by atoms with E-state index >= 15 is 0 Å². The minimum atomic E-state index is -0.240. The highest BCUT2D eigenvalue weighted by molar-refractivity contribution is 9.10. The van der Waals surface area contributed by atoms with E-state index in [-0.39, 0.29) is 24.0 Å². The van der Waals surface area contributed by atoms with Crippen LogP contribution in [0.15, 0.2) is 22.7 Å². The van der Waals surface area contributed by atoms with Gasteiger partial charge in [0.25, 0.3) is 11.8 Å². The fraction of sp³-hybridized carbons (Fsp3) is 0.385. The van der Waals surface area contributed by atoms with E-state index in [1.54, 1.807) is 25.3 Å². The summed E-state index contributed by atoms with van der Waals surface area (Å²) < 4.78 is 6.13. The van der Waals surface area contributed by atoms with Gasteiger partial charge in [-0.05, 0) is 18.2 Å². The van der Waals surface area contributed by atoms with Gasteiger partial charge in [0.15, 0.2) is 0 Å². The largest absolute Gasteiger partial charge is 0.378 e. The lowest BCUT2D eigenvalue weighted by molar-refractivity contribution is 0.0334. The molecule has 5 nitrogen and oxygen atoms in total. The molecule has 1 fully saturated rings. The summed E-state index contributed by atoms with van der Waals surface area (Å²) in [6.07, 6.45) is -0.148. The van der Waals surface area contributed by atoms with Crippen molar-refractivity contribution in [2.75, 3.05) is 20.2 Å².